The van der Waals surface area contributed by atoms with E-state index in [1.807, 2.05) is 25.6 Å². The minimum absolute atomic E-state index is 0.239. The predicted molar refractivity (Wildman–Crippen MR) is 84.0 cm³/mol. The van der Waals surface area contributed by atoms with Gasteiger partial charge in [0.1, 0.15) is 0 Å². The van der Waals surface area contributed by atoms with E-state index in [-0.39, 0.29) is 5.25 Å². The number of nitrogens with zero attached hydrogens (tertiary/aromatic N) is 4. The van der Waals surface area contributed by atoms with Crippen LogP contribution in [0.5, 0.6) is 0 Å². The fourth-order valence-corrected chi connectivity index (χ4v) is 4.14. The summed E-state index contributed by atoms with van der Waals surface area (Å²) in [5.74, 6) is 0.871. The number of benzene rings is 1. The second-order valence-electron chi connectivity index (χ2n) is 5.25. The van der Waals surface area contributed by atoms with Crippen molar-refractivity contribution in [3.63, 3.8) is 0 Å². The zero-order valence-corrected chi connectivity index (χ0v) is 13.2. The zero-order valence-electron chi connectivity index (χ0n) is 11.7. The van der Waals surface area contributed by atoms with Crippen molar-refractivity contribution in [2.75, 3.05) is 0 Å². The quantitative estimate of drug-likeness (QED) is 0.685. The van der Waals surface area contributed by atoms with Gasteiger partial charge in [0, 0.05) is 10.5 Å². The maximum atomic E-state index is 6.22. The van der Waals surface area contributed by atoms with E-state index in [2.05, 4.69) is 39.6 Å². The van der Waals surface area contributed by atoms with Crippen LogP contribution in [0.2, 0.25) is 5.15 Å². The standard InChI is InChI=1S/C15H13ClN4S/c1-8-9(2)14-17-18-15(20(14)19-13(8)16)12-7-10-5-3-4-6-11(10)21-12/h3-6,12H,7H2,1-2H3. The van der Waals surface area contributed by atoms with Crippen LogP contribution in [-0.4, -0.2) is 19.8 Å². The van der Waals surface area contributed by atoms with Crippen molar-refractivity contribution in [1.82, 2.24) is 19.8 Å². The van der Waals surface area contributed by atoms with Crippen molar-refractivity contribution in [1.29, 1.82) is 0 Å². The smallest absolute Gasteiger partial charge is 0.181 e. The number of fused-ring (bicyclic) bond motifs is 2. The van der Waals surface area contributed by atoms with Gasteiger partial charge in [-0.15, -0.1) is 22.0 Å². The van der Waals surface area contributed by atoms with Gasteiger partial charge in [-0.3, -0.25) is 0 Å². The molecule has 21 heavy (non-hydrogen) atoms. The summed E-state index contributed by atoms with van der Waals surface area (Å²) in [4.78, 5) is 1.31. The van der Waals surface area contributed by atoms with Gasteiger partial charge in [-0.25, -0.2) is 0 Å². The molecule has 0 amide bonds. The van der Waals surface area contributed by atoms with Gasteiger partial charge in [-0.2, -0.15) is 9.61 Å². The van der Waals surface area contributed by atoms with Crippen LogP contribution in [0.3, 0.4) is 0 Å². The van der Waals surface area contributed by atoms with Crippen molar-refractivity contribution >= 4 is 29.0 Å². The minimum Gasteiger partial charge on any atom is -0.194 e. The number of hydrogen-bond donors (Lipinski definition) is 0. The molecule has 0 radical (unpaired) electrons. The van der Waals surface area contributed by atoms with E-state index in [0.717, 1.165) is 29.0 Å². The highest BCUT2D eigenvalue weighted by Crippen LogP contribution is 2.45. The molecule has 6 heteroatoms. The van der Waals surface area contributed by atoms with E-state index in [0.29, 0.717) is 5.15 Å². The molecule has 0 saturated carbocycles. The largest absolute Gasteiger partial charge is 0.194 e. The zero-order chi connectivity index (χ0) is 14.6. The third kappa shape index (κ3) is 1.95. The lowest BCUT2D eigenvalue weighted by Crippen LogP contribution is -2.05. The number of hydrogen-bond acceptors (Lipinski definition) is 4. The fourth-order valence-electron chi connectivity index (χ4n) is 2.64. The number of aryl methyl sites for hydroxylation is 1. The van der Waals surface area contributed by atoms with Crippen molar-refractivity contribution in [3.05, 3.63) is 51.9 Å². The molecule has 1 aromatic carbocycles. The van der Waals surface area contributed by atoms with E-state index in [4.69, 9.17) is 11.6 Å². The highest BCUT2D eigenvalue weighted by Gasteiger charge is 2.28. The van der Waals surface area contributed by atoms with Gasteiger partial charge in [-0.05, 0) is 37.5 Å². The summed E-state index contributed by atoms with van der Waals surface area (Å²) in [6.45, 7) is 3.96. The second-order valence-corrected chi connectivity index (χ2v) is 6.86. The first kappa shape index (κ1) is 13.1. The summed E-state index contributed by atoms with van der Waals surface area (Å²) in [5.41, 5.74) is 4.15. The van der Waals surface area contributed by atoms with E-state index in [1.165, 1.54) is 10.5 Å². The van der Waals surface area contributed by atoms with Gasteiger partial charge < -0.3 is 0 Å². The Morgan fingerprint density at radius 3 is 2.81 bits per heavy atom. The Kier molecular flexibility index (Phi) is 2.94. The van der Waals surface area contributed by atoms with Crippen molar-refractivity contribution in [3.8, 4) is 0 Å². The number of thioether (sulfide) groups is 1. The first-order valence-electron chi connectivity index (χ1n) is 6.77. The van der Waals surface area contributed by atoms with Crippen LogP contribution in [0.25, 0.3) is 5.65 Å². The van der Waals surface area contributed by atoms with Crippen LogP contribution in [0, 0.1) is 13.8 Å². The van der Waals surface area contributed by atoms with Crippen LogP contribution < -0.4 is 0 Å². The Balaban J connectivity index is 1.83. The first-order valence-corrected chi connectivity index (χ1v) is 8.03. The van der Waals surface area contributed by atoms with Crippen molar-refractivity contribution in [2.45, 2.75) is 30.4 Å². The lowest BCUT2D eigenvalue weighted by atomic mass is 10.1. The molecule has 0 spiro atoms. The molecule has 1 aliphatic heterocycles. The van der Waals surface area contributed by atoms with Crippen LogP contribution in [0.15, 0.2) is 29.2 Å². The Hall–Kier alpha value is -1.59. The van der Waals surface area contributed by atoms with Gasteiger partial charge in [0.2, 0.25) is 0 Å². The number of halogens is 1. The Labute approximate surface area is 131 Å². The molecule has 1 aliphatic rings. The average molecular weight is 317 g/mol. The molecule has 0 saturated heterocycles. The van der Waals surface area contributed by atoms with E-state index in [1.54, 1.807) is 4.52 Å². The van der Waals surface area contributed by atoms with Gasteiger partial charge >= 0.3 is 0 Å². The molecule has 0 N–H and O–H groups in total. The van der Waals surface area contributed by atoms with E-state index < -0.39 is 0 Å². The van der Waals surface area contributed by atoms with Crippen molar-refractivity contribution in [2.24, 2.45) is 0 Å². The van der Waals surface area contributed by atoms with Crippen molar-refractivity contribution < 1.29 is 0 Å². The fraction of sp³-hybridized carbons (Fsp3) is 0.267. The minimum atomic E-state index is 0.239. The highest BCUT2D eigenvalue weighted by atomic mass is 35.5. The Bertz CT molecular complexity index is 833. The van der Waals surface area contributed by atoms with Crippen LogP contribution >= 0.6 is 23.4 Å². The molecule has 3 aromatic rings. The van der Waals surface area contributed by atoms with Crippen LogP contribution in [-0.2, 0) is 6.42 Å². The summed E-state index contributed by atoms with van der Waals surface area (Å²) in [6.07, 6.45) is 0.952. The SMILES string of the molecule is Cc1c(Cl)nn2c(C3Cc4ccccc4S3)nnc2c1C. The molecule has 1 unspecified atom stereocenters. The third-order valence-electron chi connectivity index (χ3n) is 4.00. The average Bonchev–Trinajstić information content (AvgIpc) is 3.07. The van der Waals surface area contributed by atoms with E-state index in [9.17, 15) is 0 Å². The second kappa shape index (κ2) is 4.71. The summed E-state index contributed by atoms with van der Waals surface area (Å²) < 4.78 is 1.80. The molecule has 106 valence electrons. The summed E-state index contributed by atoms with van der Waals surface area (Å²) in [5, 5.41) is 13.9. The van der Waals surface area contributed by atoms with Gasteiger partial charge in [-0.1, -0.05) is 29.8 Å². The maximum absolute atomic E-state index is 6.22. The van der Waals surface area contributed by atoms with Crippen LogP contribution in [0.1, 0.15) is 27.8 Å². The number of rotatable bonds is 1. The maximum Gasteiger partial charge on any atom is 0.181 e. The molecular formula is C15H13ClN4S. The molecule has 1 atom stereocenters. The highest BCUT2D eigenvalue weighted by molar-refractivity contribution is 7.99. The van der Waals surface area contributed by atoms with Gasteiger partial charge in [0.15, 0.2) is 16.6 Å². The lowest BCUT2D eigenvalue weighted by Gasteiger charge is -2.08. The summed E-state index contributed by atoms with van der Waals surface area (Å²) in [7, 11) is 0. The lowest BCUT2D eigenvalue weighted by molar-refractivity contribution is 0.775. The molecular weight excluding hydrogens is 304 g/mol. The topological polar surface area (TPSA) is 43.1 Å². The van der Waals surface area contributed by atoms with E-state index >= 15 is 0 Å². The summed E-state index contributed by atoms with van der Waals surface area (Å²) in [6, 6.07) is 8.46. The summed E-state index contributed by atoms with van der Waals surface area (Å²) >= 11 is 8.04. The molecule has 2 aromatic heterocycles. The normalized spacial score (nSPS) is 17.4. The molecule has 4 rings (SSSR count). The monoisotopic (exact) mass is 316 g/mol. The number of aromatic nitrogens is 4. The van der Waals surface area contributed by atoms with Gasteiger partial charge in [0.25, 0.3) is 0 Å². The Morgan fingerprint density at radius 1 is 1.19 bits per heavy atom. The molecule has 0 fully saturated rings. The molecule has 3 heterocycles. The molecule has 4 nitrogen and oxygen atoms in total. The Morgan fingerprint density at radius 2 is 2.00 bits per heavy atom. The van der Waals surface area contributed by atoms with Gasteiger partial charge in [0.05, 0.1) is 5.25 Å². The molecule has 0 bridgehead atoms. The molecule has 0 aliphatic carbocycles. The third-order valence-corrected chi connectivity index (χ3v) is 5.67. The first-order chi connectivity index (χ1) is 10.1. The van der Waals surface area contributed by atoms with Crippen LogP contribution in [0.4, 0.5) is 0 Å². The predicted octanol–water partition coefficient (Wildman–Crippen LogP) is 3.78.